The number of nitrogens with zero attached hydrogens (tertiary/aromatic N) is 2. The van der Waals surface area contributed by atoms with Crippen molar-refractivity contribution in [2.24, 2.45) is 0 Å². The highest BCUT2D eigenvalue weighted by Gasteiger charge is 2.21. The minimum Gasteiger partial charge on any atom is -0.497 e. The minimum absolute atomic E-state index is 0.602. The van der Waals surface area contributed by atoms with Crippen molar-refractivity contribution in [3.63, 3.8) is 0 Å². The maximum absolute atomic E-state index is 5.69. The van der Waals surface area contributed by atoms with Gasteiger partial charge in [-0.2, -0.15) is 0 Å². The lowest BCUT2D eigenvalue weighted by atomic mass is 9.89. The van der Waals surface area contributed by atoms with Gasteiger partial charge in [0, 0.05) is 13.1 Å². The second-order valence-electron chi connectivity index (χ2n) is 5.49. The maximum atomic E-state index is 5.69. The highest BCUT2D eigenvalue weighted by molar-refractivity contribution is 5.46. The minimum atomic E-state index is 0.602. The Labute approximate surface area is 125 Å². The standard InChI is InChI=1S/C17H21N3O/c1-21-16-4-2-3-14(11-16)13-7-9-20(10-8-13)17-6-5-15(18)12-19-17/h2-6,11-13H,7-10,18H2,1H3. The van der Waals surface area contributed by atoms with Gasteiger partial charge in [0.15, 0.2) is 0 Å². The van der Waals surface area contributed by atoms with Crippen LogP contribution in [0.1, 0.15) is 24.3 Å². The number of aromatic nitrogens is 1. The molecule has 0 amide bonds. The number of piperidine rings is 1. The van der Waals surface area contributed by atoms with Crippen LogP contribution in [0.4, 0.5) is 11.5 Å². The van der Waals surface area contributed by atoms with Gasteiger partial charge in [-0.25, -0.2) is 4.98 Å². The van der Waals surface area contributed by atoms with Gasteiger partial charge in [-0.05, 0) is 48.6 Å². The number of benzene rings is 1. The van der Waals surface area contributed by atoms with Gasteiger partial charge >= 0.3 is 0 Å². The van der Waals surface area contributed by atoms with E-state index >= 15 is 0 Å². The van der Waals surface area contributed by atoms with Crippen LogP contribution in [0.5, 0.6) is 5.75 Å². The number of nitrogen functional groups attached to an aromatic ring is 1. The van der Waals surface area contributed by atoms with Crippen LogP contribution in [0, 0.1) is 0 Å². The molecule has 2 N–H and O–H groups in total. The van der Waals surface area contributed by atoms with Crippen molar-refractivity contribution in [2.75, 3.05) is 30.8 Å². The summed E-state index contributed by atoms with van der Waals surface area (Å²) in [5, 5.41) is 0. The summed E-state index contributed by atoms with van der Waals surface area (Å²) in [6.45, 7) is 2.05. The van der Waals surface area contributed by atoms with Gasteiger partial charge in [-0.15, -0.1) is 0 Å². The van der Waals surface area contributed by atoms with Gasteiger partial charge in [0.1, 0.15) is 11.6 Å². The van der Waals surface area contributed by atoms with Crippen molar-refractivity contribution in [3.8, 4) is 5.75 Å². The molecule has 4 heteroatoms. The average molecular weight is 283 g/mol. The topological polar surface area (TPSA) is 51.4 Å². The molecule has 0 spiro atoms. The summed E-state index contributed by atoms with van der Waals surface area (Å²) in [5.74, 6) is 2.56. The summed E-state index contributed by atoms with van der Waals surface area (Å²) >= 11 is 0. The van der Waals surface area contributed by atoms with Crippen LogP contribution in [0.15, 0.2) is 42.6 Å². The first-order chi connectivity index (χ1) is 10.3. The van der Waals surface area contributed by atoms with Crippen LogP contribution >= 0.6 is 0 Å². The molecule has 21 heavy (non-hydrogen) atoms. The fraction of sp³-hybridized carbons (Fsp3) is 0.353. The number of ether oxygens (including phenoxy) is 1. The van der Waals surface area contributed by atoms with Gasteiger partial charge in [-0.1, -0.05) is 12.1 Å². The summed E-state index contributed by atoms with van der Waals surface area (Å²) in [7, 11) is 1.72. The van der Waals surface area contributed by atoms with Crippen LogP contribution in [0.25, 0.3) is 0 Å². The number of methoxy groups -OCH3 is 1. The molecule has 110 valence electrons. The zero-order chi connectivity index (χ0) is 14.7. The van der Waals surface area contributed by atoms with E-state index in [-0.39, 0.29) is 0 Å². The van der Waals surface area contributed by atoms with Crippen molar-refractivity contribution < 1.29 is 4.74 Å². The summed E-state index contributed by atoms with van der Waals surface area (Å²) in [6.07, 6.45) is 4.00. The van der Waals surface area contributed by atoms with Gasteiger partial charge in [-0.3, -0.25) is 0 Å². The highest BCUT2D eigenvalue weighted by Crippen LogP contribution is 2.31. The molecule has 0 aliphatic carbocycles. The lowest BCUT2D eigenvalue weighted by Crippen LogP contribution is -2.33. The molecule has 0 unspecified atom stereocenters. The number of hydrogen-bond acceptors (Lipinski definition) is 4. The van der Waals surface area contributed by atoms with Crippen LogP contribution in [-0.4, -0.2) is 25.2 Å². The largest absolute Gasteiger partial charge is 0.497 e. The smallest absolute Gasteiger partial charge is 0.128 e. The summed E-state index contributed by atoms with van der Waals surface area (Å²) in [6, 6.07) is 12.3. The first-order valence-electron chi connectivity index (χ1n) is 7.36. The molecule has 1 fully saturated rings. The third-order valence-electron chi connectivity index (χ3n) is 4.15. The Kier molecular flexibility index (Phi) is 3.95. The summed E-state index contributed by atoms with van der Waals surface area (Å²) in [4.78, 5) is 6.74. The third-order valence-corrected chi connectivity index (χ3v) is 4.15. The number of pyridine rings is 1. The molecule has 2 aromatic rings. The molecule has 0 atom stereocenters. The zero-order valence-electron chi connectivity index (χ0n) is 12.3. The fourth-order valence-corrected chi connectivity index (χ4v) is 2.92. The van der Waals surface area contributed by atoms with Gasteiger partial charge in [0.2, 0.25) is 0 Å². The quantitative estimate of drug-likeness (QED) is 0.940. The van der Waals surface area contributed by atoms with E-state index in [2.05, 4.69) is 28.1 Å². The van der Waals surface area contributed by atoms with Crippen LogP contribution in [-0.2, 0) is 0 Å². The van der Waals surface area contributed by atoms with E-state index in [4.69, 9.17) is 10.5 Å². The van der Waals surface area contributed by atoms with Crippen LogP contribution in [0.2, 0.25) is 0 Å². The Morgan fingerprint density at radius 2 is 2.00 bits per heavy atom. The monoisotopic (exact) mass is 283 g/mol. The summed E-state index contributed by atoms with van der Waals surface area (Å²) in [5.41, 5.74) is 7.78. The number of nitrogens with two attached hydrogens (primary N) is 1. The van der Waals surface area contributed by atoms with E-state index in [1.807, 2.05) is 18.2 Å². The molecule has 1 aliphatic heterocycles. The van der Waals surface area contributed by atoms with E-state index in [1.165, 1.54) is 5.56 Å². The zero-order valence-corrected chi connectivity index (χ0v) is 12.3. The molecule has 1 aromatic carbocycles. The molecular formula is C17H21N3O. The van der Waals surface area contributed by atoms with Crippen molar-refractivity contribution in [1.29, 1.82) is 0 Å². The Balaban J connectivity index is 1.65. The fourth-order valence-electron chi connectivity index (χ4n) is 2.92. The normalized spacial score (nSPS) is 16.0. The van der Waals surface area contributed by atoms with E-state index in [0.717, 1.165) is 37.5 Å². The molecule has 1 aliphatic rings. The molecule has 3 rings (SSSR count). The predicted octanol–water partition coefficient (Wildman–Crippen LogP) is 3.06. The Bertz CT molecular complexity index is 589. The number of anilines is 2. The first kappa shape index (κ1) is 13.7. The Morgan fingerprint density at radius 1 is 1.19 bits per heavy atom. The van der Waals surface area contributed by atoms with Gasteiger partial charge in [0.05, 0.1) is 19.0 Å². The van der Waals surface area contributed by atoms with Gasteiger partial charge in [0.25, 0.3) is 0 Å². The molecule has 2 heterocycles. The van der Waals surface area contributed by atoms with Crippen molar-refractivity contribution >= 4 is 11.5 Å². The summed E-state index contributed by atoms with van der Waals surface area (Å²) < 4.78 is 5.32. The van der Waals surface area contributed by atoms with Gasteiger partial charge < -0.3 is 15.4 Å². The number of rotatable bonds is 3. The molecule has 0 bridgehead atoms. The van der Waals surface area contributed by atoms with E-state index in [0.29, 0.717) is 11.6 Å². The van der Waals surface area contributed by atoms with E-state index < -0.39 is 0 Å². The average Bonchev–Trinajstić information content (AvgIpc) is 2.56. The van der Waals surface area contributed by atoms with Crippen LogP contribution in [0.3, 0.4) is 0 Å². The molecule has 0 saturated carbocycles. The Morgan fingerprint density at radius 3 is 2.67 bits per heavy atom. The maximum Gasteiger partial charge on any atom is 0.128 e. The molecule has 0 radical (unpaired) electrons. The lowest BCUT2D eigenvalue weighted by Gasteiger charge is -2.33. The highest BCUT2D eigenvalue weighted by atomic mass is 16.5. The molecular weight excluding hydrogens is 262 g/mol. The predicted molar refractivity (Wildman–Crippen MR) is 85.8 cm³/mol. The molecule has 1 saturated heterocycles. The van der Waals surface area contributed by atoms with E-state index in [9.17, 15) is 0 Å². The van der Waals surface area contributed by atoms with Crippen molar-refractivity contribution in [3.05, 3.63) is 48.2 Å². The van der Waals surface area contributed by atoms with Crippen molar-refractivity contribution in [1.82, 2.24) is 4.98 Å². The number of hydrogen-bond donors (Lipinski definition) is 1. The Hall–Kier alpha value is -2.23. The first-order valence-corrected chi connectivity index (χ1v) is 7.36. The van der Waals surface area contributed by atoms with E-state index in [1.54, 1.807) is 13.3 Å². The van der Waals surface area contributed by atoms with Crippen LogP contribution < -0.4 is 15.4 Å². The third kappa shape index (κ3) is 3.10. The second-order valence-corrected chi connectivity index (χ2v) is 5.49. The SMILES string of the molecule is COc1cccc(C2CCN(c3ccc(N)cn3)CC2)c1. The van der Waals surface area contributed by atoms with Crippen molar-refractivity contribution in [2.45, 2.75) is 18.8 Å². The lowest BCUT2D eigenvalue weighted by molar-refractivity contribution is 0.412. The second kappa shape index (κ2) is 6.04. The molecule has 1 aromatic heterocycles. The molecule has 4 nitrogen and oxygen atoms in total.